The highest BCUT2D eigenvalue weighted by atomic mass is 19.1. The molecule has 0 radical (unpaired) electrons. The zero-order valence-corrected chi connectivity index (χ0v) is 20.6. The van der Waals surface area contributed by atoms with E-state index in [-0.39, 0.29) is 30.5 Å². The molecule has 0 saturated carbocycles. The van der Waals surface area contributed by atoms with Gasteiger partial charge in [0.25, 0.3) is 0 Å². The summed E-state index contributed by atoms with van der Waals surface area (Å²) in [6.45, 7) is 2.26. The summed E-state index contributed by atoms with van der Waals surface area (Å²) in [5.41, 5.74) is -0.801. The van der Waals surface area contributed by atoms with Crippen LogP contribution in [0.25, 0.3) is 0 Å². The molecule has 194 valence electrons. The molecule has 1 unspecified atom stereocenters. The van der Waals surface area contributed by atoms with Crippen LogP contribution in [0.4, 0.5) is 24.1 Å². The van der Waals surface area contributed by atoms with Gasteiger partial charge in [0.2, 0.25) is 11.8 Å². The number of urea groups is 2. The first-order valence-corrected chi connectivity index (χ1v) is 11.3. The quantitative estimate of drug-likeness (QED) is 0.615. The monoisotopic (exact) mass is 512 g/mol. The third-order valence-corrected chi connectivity index (χ3v) is 5.78. The number of carbonyl (C=O) groups excluding carboxylic acids is 4. The highest BCUT2D eigenvalue weighted by Gasteiger charge is 2.46. The molecule has 2 saturated heterocycles. The Labute approximate surface area is 212 Å². The zero-order chi connectivity index (χ0) is 27.2. The summed E-state index contributed by atoms with van der Waals surface area (Å²) in [7, 11) is 2.92. The molecule has 0 aliphatic carbocycles. The minimum absolute atomic E-state index is 0.0992. The summed E-state index contributed by atoms with van der Waals surface area (Å²) < 4.78 is 34.6. The number of amides is 6. The first-order chi connectivity index (χ1) is 17.6. The molecule has 2 aliphatic heterocycles. The van der Waals surface area contributed by atoms with Gasteiger partial charge in [-0.25, -0.2) is 23.3 Å². The van der Waals surface area contributed by atoms with Crippen molar-refractivity contribution in [1.29, 1.82) is 0 Å². The maximum atomic E-state index is 14.7. The van der Waals surface area contributed by atoms with E-state index in [1.54, 1.807) is 31.2 Å². The summed E-state index contributed by atoms with van der Waals surface area (Å²) in [6, 6.07) is 9.79. The van der Waals surface area contributed by atoms with Crippen molar-refractivity contribution in [3.8, 4) is 11.8 Å². The normalized spacial score (nSPS) is 19.3. The van der Waals surface area contributed by atoms with Crippen LogP contribution in [0.1, 0.15) is 30.9 Å². The molecule has 0 bridgehead atoms. The number of ether oxygens (including phenoxy) is 1. The number of hydrogen-bond donors (Lipinski definition) is 2. The molecule has 1 atom stereocenters. The maximum absolute atomic E-state index is 14.7. The Hall–Kier alpha value is -4.30. The predicted octanol–water partition coefficient (Wildman–Crippen LogP) is 2.77. The van der Waals surface area contributed by atoms with Crippen molar-refractivity contribution >= 4 is 29.6 Å². The minimum atomic E-state index is -1.03. The van der Waals surface area contributed by atoms with Gasteiger partial charge < -0.3 is 15.0 Å². The summed E-state index contributed by atoms with van der Waals surface area (Å²) in [5.74, 6) is 2.53. The lowest BCUT2D eigenvalue weighted by atomic mass is 9.93. The van der Waals surface area contributed by atoms with Crippen molar-refractivity contribution in [3.63, 3.8) is 0 Å². The van der Waals surface area contributed by atoms with Crippen molar-refractivity contribution in [2.45, 2.75) is 25.3 Å². The molecule has 9 nitrogen and oxygen atoms in total. The molecular weight excluding hydrogens is 486 g/mol. The zero-order valence-electron chi connectivity index (χ0n) is 20.6. The molecule has 2 heterocycles. The molecule has 37 heavy (non-hydrogen) atoms. The summed E-state index contributed by atoms with van der Waals surface area (Å²) in [6.07, 6.45) is 0.267. The van der Waals surface area contributed by atoms with E-state index in [4.69, 9.17) is 4.74 Å². The Morgan fingerprint density at radius 1 is 1.03 bits per heavy atom. The average Bonchev–Trinajstić information content (AvgIpc) is 2.84. The Bertz CT molecular complexity index is 1240. The molecule has 2 aromatic rings. The second-order valence-corrected chi connectivity index (χ2v) is 8.64. The average molecular weight is 513 g/mol. The number of hydrogen-bond acceptors (Lipinski definition) is 5. The Morgan fingerprint density at radius 3 is 2.19 bits per heavy atom. The maximum Gasteiger partial charge on any atom is 0.331 e. The first-order valence-electron chi connectivity index (χ1n) is 11.3. The van der Waals surface area contributed by atoms with Gasteiger partial charge in [0.1, 0.15) is 5.69 Å². The number of likely N-dealkylation sites (N-methyl/N-ethyl adjacent to an activating group) is 1. The van der Waals surface area contributed by atoms with Gasteiger partial charge in [-0.1, -0.05) is 30.0 Å². The van der Waals surface area contributed by atoms with E-state index < -0.39 is 34.8 Å². The highest BCUT2D eigenvalue weighted by Crippen LogP contribution is 2.33. The first kappa shape index (κ1) is 27.3. The fourth-order valence-corrected chi connectivity index (χ4v) is 3.73. The molecule has 11 heteroatoms. The SMILES string of the molecule is COCC1(C)CC(=O)N(c2c(F)cc(C#Cc3ccccc3)cc2F)C(=O)N1C.O=C1CCNC(=O)N1. The fourth-order valence-electron chi connectivity index (χ4n) is 3.73. The lowest BCUT2D eigenvalue weighted by Gasteiger charge is -2.45. The number of methoxy groups -OCH3 is 1. The van der Waals surface area contributed by atoms with Gasteiger partial charge >= 0.3 is 12.1 Å². The van der Waals surface area contributed by atoms with Crippen LogP contribution in [0, 0.1) is 23.5 Å². The molecule has 6 amide bonds. The summed E-state index contributed by atoms with van der Waals surface area (Å²) >= 11 is 0. The number of carbonyl (C=O) groups is 4. The number of nitrogens with one attached hydrogen (secondary N) is 2. The standard InChI is InChI=1S/C22H20F2N2O3.C4H6N2O2/c1-22(14-29-3)13-19(27)26(21(28)25(22)2)20-17(23)11-16(12-18(20)24)10-9-15-7-5-4-6-8-15;7-3-1-2-5-4(8)6-3/h4-8,11-12H,13-14H2,1-3H3;1-2H2,(H2,5,6,7,8). The molecule has 2 aromatic carbocycles. The van der Waals surface area contributed by atoms with Crippen molar-refractivity contribution < 1.29 is 32.7 Å². The van der Waals surface area contributed by atoms with E-state index in [0.29, 0.717) is 23.4 Å². The van der Waals surface area contributed by atoms with Crippen molar-refractivity contribution in [2.75, 3.05) is 32.2 Å². The van der Waals surface area contributed by atoms with Crippen LogP contribution in [-0.2, 0) is 14.3 Å². The van der Waals surface area contributed by atoms with E-state index in [9.17, 15) is 28.0 Å². The fraction of sp³-hybridized carbons (Fsp3) is 0.308. The minimum Gasteiger partial charge on any atom is -0.382 e. The van der Waals surface area contributed by atoms with Gasteiger partial charge in [0, 0.05) is 38.2 Å². The van der Waals surface area contributed by atoms with Gasteiger partial charge in [-0.05, 0) is 31.2 Å². The van der Waals surface area contributed by atoms with Crippen molar-refractivity contribution in [2.24, 2.45) is 0 Å². The van der Waals surface area contributed by atoms with Crippen LogP contribution >= 0.6 is 0 Å². The Morgan fingerprint density at radius 2 is 1.65 bits per heavy atom. The number of benzene rings is 2. The smallest absolute Gasteiger partial charge is 0.331 e. The van der Waals surface area contributed by atoms with Crippen molar-refractivity contribution in [1.82, 2.24) is 15.5 Å². The largest absolute Gasteiger partial charge is 0.382 e. The Balaban J connectivity index is 0.000000405. The lowest BCUT2D eigenvalue weighted by Crippen LogP contribution is -2.63. The predicted molar refractivity (Wildman–Crippen MR) is 130 cm³/mol. The van der Waals surface area contributed by atoms with Gasteiger partial charge in [-0.2, -0.15) is 0 Å². The van der Waals surface area contributed by atoms with E-state index in [1.807, 2.05) is 6.07 Å². The second kappa shape index (κ2) is 11.6. The summed E-state index contributed by atoms with van der Waals surface area (Å²) in [4.78, 5) is 47.7. The van der Waals surface area contributed by atoms with Crippen LogP contribution in [0.2, 0.25) is 0 Å². The number of halogens is 2. The van der Waals surface area contributed by atoms with E-state index in [1.165, 1.54) is 19.1 Å². The van der Waals surface area contributed by atoms with E-state index in [2.05, 4.69) is 22.5 Å². The topological polar surface area (TPSA) is 108 Å². The molecule has 2 aliphatic rings. The molecule has 2 fully saturated rings. The number of rotatable bonds is 3. The molecule has 0 aromatic heterocycles. The number of imide groups is 2. The number of nitrogens with zero attached hydrogens (tertiary/aromatic N) is 2. The third-order valence-electron chi connectivity index (χ3n) is 5.78. The molecule has 0 spiro atoms. The summed E-state index contributed by atoms with van der Waals surface area (Å²) in [5, 5.41) is 4.53. The van der Waals surface area contributed by atoms with Crippen LogP contribution in [0.15, 0.2) is 42.5 Å². The van der Waals surface area contributed by atoms with Crippen LogP contribution in [0.3, 0.4) is 0 Å². The lowest BCUT2D eigenvalue weighted by molar-refractivity contribution is -0.123. The third kappa shape index (κ3) is 6.48. The molecule has 2 N–H and O–H groups in total. The van der Waals surface area contributed by atoms with E-state index >= 15 is 0 Å². The molecular formula is C26H26F2N4O5. The van der Waals surface area contributed by atoms with E-state index in [0.717, 1.165) is 12.1 Å². The van der Waals surface area contributed by atoms with Crippen molar-refractivity contribution in [3.05, 3.63) is 65.2 Å². The van der Waals surface area contributed by atoms with Crippen LogP contribution < -0.4 is 15.5 Å². The van der Waals surface area contributed by atoms with Gasteiger partial charge in [0.05, 0.1) is 18.6 Å². The highest BCUT2D eigenvalue weighted by molar-refractivity contribution is 6.16. The van der Waals surface area contributed by atoms with Crippen LogP contribution in [0.5, 0.6) is 0 Å². The van der Waals surface area contributed by atoms with Gasteiger partial charge in [-0.15, -0.1) is 0 Å². The second-order valence-electron chi connectivity index (χ2n) is 8.64. The van der Waals surface area contributed by atoms with Gasteiger partial charge in [-0.3, -0.25) is 14.9 Å². The van der Waals surface area contributed by atoms with Gasteiger partial charge in [0.15, 0.2) is 11.6 Å². The van der Waals surface area contributed by atoms with Crippen LogP contribution in [-0.4, -0.2) is 61.6 Å². The Kier molecular flexibility index (Phi) is 8.57. The molecule has 4 rings (SSSR count). The number of anilines is 1.